The molecule has 0 fully saturated rings. The quantitative estimate of drug-likeness (QED) is 0.806. The number of para-hydroxylation sites is 1. The number of hydrogen-bond acceptors (Lipinski definition) is 5. The van der Waals surface area contributed by atoms with Crippen LogP contribution >= 0.6 is 0 Å². The molecule has 23 heavy (non-hydrogen) atoms. The number of nitrogens with zero attached hydrogens (tertiary/aromatic N) is 4. The maximum absolute atomic E-state index is 14.3. The van der Waals surface area contributed by atoms with Crippen LogP contribution in [-0.2, 0) is 11.3 Å². The minimum Gasteiger partial charge on any atom is -0.394 e. The van der Waals surface area contributed by atoms with E-state index in [0.717, 1.165) is 0 Å². The normalized spacial score (nSPS) is 16.1. The second-order valence-electron chi connectivity index (χ2n) is 5.01. The monoisotopic (exact) mass is 313 g/mol. The molecule has 0 radical (unpaired) electrons. The zero-order chi connectivity index (χ0) is 17.6. The molecule has 3 heterocycles. The Morgan fingerprint density at radius 2 is 2.26 bits per heavy atom. The third-order valence-corrected chi connectivity index (χ3v) is 3.45. The van der Waals surface area contributed by atoms with Crippen molar-refractivity contribution in [3.05, 3.63) is 66.1 Å². The fourth-order valence-corrected chi connectivity index (χ4v) is 2.36. The van der Waals surface area contributed by atoms with Gasteiger partial charge in [0.2, 0.25) is 5.95 Å². The molecule has 1 aliphatic rings. The molecule has 0 amide bonds. The zero-order valence-corrected chi connectivity index (χ0v) is 12.2. The summed E-state index contributed by atoms with van der Waals surface area (Å²) in [6.45, 7) is -0.254. The van der Waals surface area contributed by atoms with E-state index in [9.17, 15) is 4.39 Å². The van der Waals surface area contributed by atoms with Gasteiger partial charge in [0.1, 0.15) is 11.8 Å². The number of rotatable bonds is 3. The fraction of sp³-hybridized carbons (Fsp3) is 0.125. The molecule has 0 saturated heterocycles. The lowest BCUT2D eigenvalue weighted by Crippen LogP contribution is -2.32. The Kier molecular flexibility index (Phi) is 2.71. The van der Waals surface area contributed by atoms with Gasteiger partial charge in [-0.3, -0.25) is 4.98 Å². The maximum Gasteiger partial charge on any atom is 0.228 e. The Balaban J connectivity index is 2.01. The van der Waals surface area contributed by atoms with E-state index in [2.05, 4.69) is 15.6 Å². The predicted octanol–water partition coefficient (Wildman–Crippen LogP) is 2.74. The van der Waals surface area contributed by atoms with Crippen molar-refractivity contribution in [1.82, 2.24) is 20.1 Å². The first-order chi connectivity index (χ1) is 12.0. The molecule has 7 heteroatoms. The van der Waals surface area contributed by atoms with Crippen molar-refractivity contribution < 1.29 is 12.0 Å². The van der Waals surface area contributed by atoms with Crippen molar-refractivity contribution in [2.45, 2.75) is 13.4 Å². The third kappa shape index (κ3) is 2.31. The second-order valence-corrected chi connectivity index (χ2v) is 5.01. The van der Waals surface area contributed by atoms with Crippen molar-refractivity contribution in [3.8, 4) is 0 Å². The number of imidazole rings is 1. The summed E-state index contributed by atoms with van der Waals surface area (Å²) in [5.41, 5.74) is 3.99. The van der Waals surface area contributed by atoms with Gasteiger partial charge in [-0.15, -0.1) is 0 Å². The molecule has 1 aliphatic heterocycles. The smallest absolute Gasteiger partial charge is 0.228 e. The van der Waals surface area contributed by atoms with Crippen molar-refractivity contribution in [2.75, 3.05) is 5.01 Å². The molecule has 2 aromatic heterocycles. The lowest BCUT2D eigenvalue weighted by molar-refractivity contribution is 0.157. The molecule has 1 N–H and O–H groups in total. The molecular formula is C16H14FN5O. The summed E-state index contributed by atoms with van der Waals surface area (Å²) in [4.78, 5) is 13.3. The molecule has 116 valence electrons. The Bertz CT molecular complexity index is 973. The molecule has 6 nitrogen and oxygen atoms in total. The molecule has 3 aromatic rings. The summed E-state index contributed by atoms with van der Waals surface area (Å²) in [6.07, 6.45) is 4.46. The van der Waals surface area contributed by atoms with E-state index in [0.29, 0.717) is 16.8 Å². The molecular weight excluding hydrogens is 297 g/mol. The number of hydrogen-bond donors (Lipinski definition) is 1. The topological polar surface area (TPSA) is 55.2 Å². The van der Waals surface area contributed by atoms with Crippen LogP contribution in [0.3, 0.4) is 0 Å². The van der Waals surface area contributed by atoms with Crippen LogP contribution in [0.4, 0.5) is 10.3 Å². The second kappa shape index (κ2) is 5.36. The number of fused-ring (bicyclic) bond motifs is 1. The fourth-order valence-electron chi connectivity index (χ4n) is 2.36. The average molecular weight is 313 g/mol. The van der Waals surface area contributed by atoms with E-state index in [1.165, 1.54) is 34.2 Å². The highest BCUT2D eigenvalue weighted by molar-refractivity contribution is 5.80. The first-order valence-corrected chi connectivity index (χ1v) is 6.96. The van der Waals surface area contributed by atoms with Crippen LogP contribution < -0.4 is 10.6 Å². The molecule has 0 atom stereocenters. The summed E-state index contributed by atoms with van der Waals surface area (Å²) in [5.74, 6) is -0.360. The Hall–Kier alpha value is -2.93. The SMILES string of the molecule is [2H]C([2H])(c1cccnc1)n1c(N2NOC=C2C)nc2c(F)cccc21. The van der Waals surface area contributed by atoms with Crippen LogP contribution in [0.1, 0.15) is 15.2 Å². The van der Waals surface area contributed by atoms with E-state index in [1.54, 1.807) is 31.3 Å². The van der Waals surface area contributed by atoms with Gasteiger partial charge in [0.05, 0.1) is 20.5 Å². The van der Waals surface area contributed by atoms with E-state index < -0.39 is 12.3 Å². The standard InChI is InChI=1S/C16H14FN5O/c1-11-10-23-20-22(11)16-19-15-13(17)5-2-6-14(15)21(16)9-12-4-3-7-18-8-12/h2-8,10,20H,9H2,1H3/i9D2. The van der Waals surface area contributed by atoms with Crippen LogP contribution in [0, 0.1) is 5.82 Å². The van der Waals surface area contributed by atoms with Gasteiger partial charge in [0.15, 0.2) is 5.82 Å². The molecule has 0 bridgehead atoms. The van der Waals surface area contributed by atoms with E-state index >= 15 is 0 Å². The number of aromatic nitrogens is 3. The Labute approximate surface area is 134 Å². The van der Waals surface area contributed by atoms with E-state index in [-0.39, 0.29) is 11.5 Å². The molecule has 4 rings (SSSR count). The van der Waals surface area contributed by atoms with Gasteiger partial charge in [-0.1, -0.05) is 17.7 Å². The van der Waals surface area contributed by atoms with Gasteiger partial charge >= 0.3 is 0 Å². The lowest BCUT2D eigenvalue weighted by atomic mass is 10.2. The van der Waals surface area contributed by atoms with Gasteiger partial charge < -0.3 is 9.40 Å². The molecule has 0 saturated carbocycles. The summed E-state index contributed by atoms with van der Waals surface area (Å²) in [5, 5.41) is 1.45. The summed E-state index contributed by atoms with van der Waals surface area (Å²) >= 11 is 0. The Morgan fingerprint density at radius 3 is 3.00 bits per heavy atom. The minimum absolute atomic E-state index is 0.0757. The van der Waals surface area contributed by atoms with Crippen molar-refractivity contribution in [2.24, 2.45) is 0 Å². The van der Waals surface area contributed by atoms with Gasteiger partial charge in [0, 0.05) is 12.4 Å². The highest BCUT2D eigenvalue weighted by atomic mass is 19.1. The largest absolute Gasteiger partial charge is 0.394 e. The number of allylic oxidation sites excluding steroid dienone is 1. The van der Waals surface area contributed by atoms with E-state index in [1.807, 2.05) is 0 Å². The molecule has 0 aliphatic carbocycles. The first kappa shape index (κ1) is 11.6. The highest BCUT2D eigenvalue weighted by Crippen LogP contribution is 2.28. The number of benzene rings is 1. The number of anilines is 1. The van der Waals surface area contributed by atoms with Crippen LogP contribution in [0.25, 0.3) is 11.0 Å². The number of halogens is 1. The van der Waals surface area contributed by atoms with E-state index in [4.69, 9.17) is 7.58 Å². The summed E-state index contributed by atoms with van der Waals surface area (Å²) in [7, 11) is 0. The molecule has 0 spiro atoms. The Morgan fingerprint density at radius 1 is 1.35 bits per heavy atom. The third-order valence-electron chi connectivity index (χ3n) is 3.45. The number of pyridine rings is 1. The summed E-state index contributed by atoms with van der Waals surface area (Å²) in [6, 6.07) is 7.71. The van der Waals surface area contributed by atoms with Crippen LogP contribution in [0.15, 0.2) is 54.7 Å². The van der Waals surface area contributed by atoms with Gasteiger partial charge in [-0.25, -0.2) is 14.4 Å². The van der Waals surface area contributed by atoms with Crippen LogP contribution in [0.5, 0.6) is 0 Å². The van der Waals surface area contributed by atoms with Crippen LogP contribution in [-0.4, -0.2) is 14.5 Å². The van der Waals surface area contributed by atoms with Crippen molar-refractivity contribution >= 4 is 17.0 Å². The number of nitrogens with one attached hydrogen (secondary N) is 1. The summed E-state index contributed by atoms with van der Waals surface area (Å²) < 4.78 is 32.9. The van der Waals surface area contributed by atoms with Gasteiger partial charge in [-0.2, -0.15) is 0 Å². The van der Waals surface area contributed by atoms with Crippen LogP contribution in [0.2, 0.25) is 0 Å². The maximum atomic E-state index is 14.3. The highest BCUT2D eigenvalue weighted by Gasteiger charge is 2.23. The van der Waals surface area contributed by atoms with Crippen molar-refractivity contribution in [3.63, 3.8) is 0 Å². The lowest BCUT2D eigenvalue weighted by Gasteiger charge is -2.18. The zero-order valence-electron chi connectivity index (χ0n) is 14.2. The minimum atomic E-state index is -2.02. The number of hydrazine groups is 1. The predicted molar refractivity (Wildman–Crippen MR) is 83.5 cm³/mol. The molecule has 0 unspecified atom stereocenters. The van der Waals surface area contributed by atoms with Gasteiger partial charge in [0.25, 0.3) is 0 Å². The first-order valence-electron chi connectivity index (χ1n) is 7.96. The van der Waals surface area contributed by atoms with Gasteiger partial charge in [-0.05, 0) is 30.7 Å². The van der Waals surface area contributed by atoms with Crippen molar-refractivity contribution in [1.29, 1.82) is 0 Å². The average Bonchev–Trinajstić information content (AvgIpc) is 3.20. The molecule has 1 aromatic carbocycles.